The summed E-state index contributed by atoms with van der Waals surface area (Å²) in [7, 11) is 0. The van der Waals surface area contributed by atoms with Crippen molar-refractivity contribution in [2.24, 2.45) is 0 Å². The van der Waals surface area contributed by atoms with Crippen molar-refractivity contribution in [2.75, 3.05) is 16.8 Å². The summed E-state index contributed by atoms with van der Waals surface area (Å²) < 4.78 is 0. The number of nitrogen functional groups attached to an aromatic ring is 2. The van der Waals surface area contributed by atoms with Gasteiger partial charge in [0, 0.05) is 29.2 Å². The third-order valence-electron chi connectivity index (χ3n) is 4.10. The van der Waals surface area contributed by atoms with Crippen molar-refractivity contribution in [3.05, 3.63) is 63.8 Å². The van der Waals surface area contributed by atoms with Crippen molar-refractivity contribution >= 4 is 53.2 Å². The lowest BCUT2D eigenvalue weighted by molar-refractivity contribution is 1.16. The molecule has 0 fully saturated rings. The molecule has 0 aliphatic rings. The average molecular weight is 396 g/mol. The van der Waals surface area contributed by atoms with Gasteiger partial charge in [0.1, 0.15) is 0 Å². The number of rotatable bonds is 4. The van der Waals surface area contributed by atoms with E-state index in [1.165, 1.54) is 16.7 Å². The van der Waals surface area contributed by atoms with Gasteiger partial charge in [-0.15, -0.1) is 24.8 Å². The number of nitrogens with two attached hydrogens (primary N) is 2. The molecule has 0 spiro atoms. The van der Waals surface area contributed by atoms with Crippen LogP contribution in [0.1, 0.15) is 16.7 Å². The Kier molecular flexibility index (Phi) is 7.61. The van der Waals surface area contributed by atoms with E-state index in [0.717, 1.165) is 34.7 Å². The van der Waals surface area contributed by atoms with Gasteiger partial charge < -0.3 is 16.8 Å². The van der Waals surface area contributed by atoms with Crippen LogP contribution in [-0.2, 0) is 6.54 Å². The molecule has 1 heterocycles. The summed E-state index contributed by atoms with van der Waals surface area (Å²) in [6.07, 6.45) is 0. The fourth-order valence-electron chi connectivity index (χ4n) is 2.55. The maximum Gasteiger partial charge on any atom is 0.0415 e. The second kappa shape index (κ2) is 8.99. The van der Waals surface area contributed by atoms with Gasteiger partial charge in [-0.1, -0.05) is 6.07 Å². The minimum absolute atomic E-state index is 0. The summed E-state index contributed by atoms with van der Waals surface area (Å²) in [6.45, 7) is 5.01. The third kappa shape index (κ3) is 4.82. The Hall–Kier alpha value is -1.88. The highest BCUT2D eigenvalue weighted by atomic mass is 35.5. The molecule has 0 aliphatic carbocycles. The number of benzene rings is 2. The van der Waals surface area contributed by atoms with E-state index in [4.69, 9.17) is 11.5 Å². The van der Waals surface area contributed by atoms with Crippen molar-refractivity contribution < 1.29 is 0 Å². The third-order valence-corrected chi connectivity index (χ3v) is 4.89. The molecule has 3 nitrogen and oxygen atoms in total. The lowest BCUT2D eigenvalue weighted by Crippen LogP contribution is -2.01. The summed E-state index contributed by atoms with van der Waals surface area (Å²) in [6, 6.07) is 12.1. The maximum atomic E-state index is 6.12. The molecule has 6 heteroatoms. The quantitative estimate of drug-likeness (QED) is 0.499. The predicted molar refractivity (Wildman–Crippen MR) is 116 cm³/mol. The van der Waals surface area contributed by atoms with Gasteiger partial charge in [0.05, 0.1) is 0 Å². The highest BCUT2D eigenvalue weighted by Gasteiger charge is 2.10. The zero-order chi connectivity index (χ0) is 16.4. The van der Waals surface area contributed by atoms with Crippen molar-refractivity contribution in [1.82, 2.24) is 0 Å². The zero-order valence-electron chi connectivity index (χ0n) is 14.2. The first-order valence-electron chi connectivity index (χ1n) is 7.56. The van der Waals surface area contributed by atoms with E-state index >= 15 is 0 Å². The Labute approximate surface area is 165 Å². The smallest absolute Gasteiger partial charge is 0.0415 e. The highest BCUT2D eigenvalue weighted by Crippen LogP contribution is 2.33. The first-order chi connectivity index (χ1) is 11.0. The zero-order valence-corrected chi connectivity index (χ0v) is 16.7. The number of halogens is 2. The van der Waals surface area contributed by atoms with Crippen LogP contribution in [-0.4, -0.2) is 0 Å². The normalized spacial score (nSPS) is 9.84. The van der Waals surface area contributed by atoms with Gasteiger partial charge in [-0.25, -0.2) is 0 Å². The second-order valence-electron chi connectivity index (χ2n) is 5.81. The molecule has 2 aromatic carbocycles. The topological polar surface area (TPSA) is 64.1 Å². The fourth-order valence-corrected chi connectivity index (χ4v) is 3.41. The molecule has 134 valence electrons. The standard InChI is InChI=1S/C19H21N3S.2ClH/c1-12-3-5-16(7-13(12)2)22-9-14-10-23-11-18(14)17-8-15(20)4-6-19(17)21;;/h3-8,10-11,22H,9,20-21H2,1-2H3;2*1H. The first kappa shape index (κ1) is 21.2. The largest absolute Gasteiger partial charge is 0.399 e. The van der Waals surface area contributed by atoms with Crippen LogP contribution in [0.4, 0.5) is 17.1 Å². The number of nitrogens with one attached hydrogen (secondary N) is 1. The molecule has 0 aliphatic heterocycles. The van der Waals surface area contributed by atoms with Crippen LogP contribution in [0, 0.1) is 13.8 Å². The molecule has 0 radical (unpaired) electrons. The number of thiophene rings is 1. The molecule has 25 heavy (non-hydrogen) atoms. The van der Waals surface area contributed by atoms with E-state index in [1.54, 1.807) is 11.3 Å². The second-order valence-corrected chi connectivity index (χ2v) is 6.55. The Morgan fingerprint density at radius 1 is 0.880 bits per heavy atom. The Morgan fingerprint density at radius 2 is 1.64 bits per heavy atom. The van der Waals surface area contributed by atoms with E-state index in [0.29, 0.717) is 0 Å². The Morgan fingerprint density at radius 3 is 2.36 bits per heavy atom. The summed E-state index contributed by atoms with van der Waals surface area (Å²) in [5, 5.41) is 7.78. The summed E-state index contributed by atoms with van der Waals surface area (Å²) >= 11 is 1.68. The minimum atomic E-state index is 0. The first-order valence-corrected chi connectivity index (χ1v) is 8.50. The summed E-state index contributed by atoms with van der Waals surface area (Å²) in [4.78, 5) is 0. The van der Waals surface area contributed by atoms with E-state index in [2.05, 4.69) is 48.1 Å². The minimum Gasteiger partial charge on any atom is -0.399 e. The molecule has 0 saturated carbocycles. The van der Waals surface area contributed by atoms with Crippen molar-refractivity contribution in [3.63, 3.8) is 0 Å². The van der Waals surface area contributed by atoms with E-state index in [-0.39, 0.29) is 24.8 Å². The fraction of sp³-hybridized carbons (Fsp3) is 0.158. The van der Waals surface area contributed by atoms with Crippen LogP contribution in [0.25, 0.3) is 11.1 Å². The van der Waals surface area contributed by atoms with Gasteiger partial charge in [-0.3, -0.25) is 0 Å². The molecule has 5 N–H and O–H groups in total. The molecular weight excluding hydrogens is 373 g/mol. The summed E-state index contributed by atoms with van der Waals surface area (Å²) in [5.74, 6) is 0. The van der Waals surface area contributed by atoms with Crippen molar-refractivity contribution in [1.29, 1.82) is 0 Å². The Bertz CT molecular complexity index is 846. The van der Waals surface area contributed by atoms with Gasteiger partial charge in [-0.05, 0) is 77.2 Å². The van der Waals surface area contributed by atoms with E-state index in [9.17, 15) is 0 Å². The van der Waals surface area contributed by atoms with Crippen LogP contribution < -0.4 is 16.8 Å². The molecule has 0 bridgehead atoms. The molecule has 0 amide bonds. The van der Waals surface area contributed by atoms with Crippen molar-refractivity contribution in [2.45, 2.75) is 20.4 Å². The van der Waals surface area contributed by atoms with Gasteiger partial charge in [-0.2, -0.15) is 11.3 Å². The molecule has 3 rings (SSSR count). The summed E-state index contributed by atoms with van der Waals surface area (Å²) in [5.41, 5.74) is 20.6. The van der Waals surface area contributed by atoms with E-state index < -0.39 is 0 Å². The molecule has 1 aromatic heterocycles. The number of hydrogen-bond acceptors (Lipinski definition) is 4. The molecule has 0 unspecified atom stereocenters. The lowest BCUT2D eigenvalue weighted by Gasteiger charge is -2.11. The van der Waals surface area contributed by atoms with Crippen LogP contribution in [0.15, 0.2) is 47.2 Å². The number of anilines is 3. The molecule has 0 atom stereocenters. The maximum absolute atomic E-state index is 6.12. The van der Waals surface area contributed by atoms with Crippen LogP contribution >= 0.6 is 36.2 Å². The van der Waals surface area contributed by atoms with Crippen LogP contribution in [0.5, 0.6) is 0 Å². The number of aryl methyl sites for hydroxylation is 2. The SMILES string of the molecule is Cc1ccc(NCc2cscc2-c2cc(N)ccc2N)cc1C.Cl.Cl. The van der Waals surface area contributed by atoms with E-state index in [1.807, 2.05) is 18.2 Å². The van der Waals surface area contributed by atoms with Crippen molar-refractivity contribution in [3.8, 4) is 11.1 Å². The molecule has 0 saturated heterocycles. The van der Waals surface area contributed by atoms with Gasteiger partial charge >= 0.3 is 0 Å². The van der Waals surface area contributed by atoms with Gasteiger partial charge in [0.15, 0.2) is 0 Å². The Balaban J connectivity index is 0.00000156. The van der Waals surface area contributed by atoms with Gasteiger partial charge in [0.25, 0.3) is 0 Å². The molecule has 3 aromatic rings. The monoisotopic (exact) mass is 395 g/mol. The van der Waals surface area contributed by atoms with Gasteiger partial charge in [0.2, 0.25) is 0 Å². The van der Waals surface area contributed by atoms with Crippen LogP contribution in [0.2, 0.25) is 0 Å². The average Bonchev–Trinajstić information content (AvgIpc) is 2.99. The molecular formula is C19H23Cl2N3S. The van der Waals surface area contributed by atoms with Crippen LogP contribution in [0.3, 0.4) is 0 Å². The lowest BCUT2D eigenvalue weighted by atomic mass is 10.0. The predicted octanol–water partition coefficient (Wildman–Crippen LogP) is 5.65. The number of hydrogen-bond donors (Lipinski definition) is 3. The highest BCUT2D eigenvalue weighted by molar-refractivity contribution is 7.08.